The van der Waals surface area contributed by atoms with Crippen LogP contribution in [0.25, 0.3) is 5.57 Å². The normalized spacial score (nSPS) is 21.8. The Morgan fingerprint density at radius 3 is 2.62 bits per heavy atom. The number of alkyl halides is 3. The second-order valence-corrected chi connectivity index (χ2v) is 11.1. The Kier molecular flexibility index (Phi) is 6.00. The Labute approximate surface area is 220 Å². The second kappa shape index (κ2) is 9.11. The minimum absolute atomic E-state index is 0.0144. The molecule has 2 saturated heterocycles. The van der Waals surface area contributed by atoms with Crippen LogP contribution in [0.5, 0.6) is 5.88 Å². The maximum Gasteiger partial charge on any atom is 0.416 e. The fourth-order valence-corrected chi connectivity index (χ4v) is 6.68. The Balaban J connectivity index is 1.47. The summed E-state index contributed by atoms with van der Waals surface area (Å²) in [6, 6.07) is 10.1. The number of nitrogens with zero attached hydrogens (tertiary/aromatic N) is 5. The number of thiazole rings is 1. The number of likely N-dealkylation sites (N-methyl/N-ethyl adjacent to an activating group) is 1. The van der Waals surface area contributed by atoms with Crippen LogP contribution in [0.4, 0.5) is 18.3 Å². The van der Waals surface area contributed by atoms with E-state index in [4.69, 9.17) is 11.6 Å². The number of rotatable bonds is 4. The van der Waals surface area contributed by atoms with Gasteiger partial charge in [0.05, 0.1) is 22.0 Å². The van der Waals surface area contributed by atoms with Crippen molar-refractivity contribution >= 4 is 39.9 Å². The number of benzene rings is 2. The first-order valence-electron chi connectivity index (χ1n) is 11.9. The number of piperazine rings is 1. The molecule has 6 rings (SSSR count). The third-order valence-electron chi connectivity index (χ3n) is 7.47. The van der Waals surface area contributed by atoms with E-state index in [2.05, 4.69) is 32.0 Å². The fourth-order valence-electron chi connectivity index (χ4n) is 5.46. The van der Waals surface area contributed by atoms with Crippen molar-refractivity contribution < 1.29 is 18.3 Å². The molecule has 0 aliphatic carbocycles. The second-order valence-electron chi connectivity index (χ2n) is 9.68. The number of hydrogen-bond acceptors (Lipinski definition) is 7. The Bertz CT molecular complexity index is 1520. The van der Waals surface area contributed by atoms with E-state index in [1.165, 1.54) is 23.5 Å². The van der Waals surface area contributed by atoms with Crippen molar-refractivity contribution in [2.24, 2.45) is 10.2 Å². The Morgan fingerprint density at radius 2 is 1.89 bits per heavy atom. The summed E-state index contributed by atoms with van der Waals surface area (Å²) in [5, 5.41) is 21.0. The summed E-state index contributed by atoms with van der Waals surface area (Å²) in [7, 11) is 2.14. The van der Waals surface area contributed by atoms with Crippen molar-refractivity contribution in [1.29, 1.82) is 0 Å². The zero-order chi connectivity index (χ0) is 25.9. The molecule has 1 N–H and O–H groups in total. The molecular weight excluding hydrogens is 523 g/mol. The minimum atomic E-state index is -4.57. The van der Waals surface area contributed by atoms with E-state index < -0.39 is 11.7 Å². The van der Waals surface area contributed by atoms with Crippen LogP contribution in [-0.2, 0) is 12.6 Å². The van der Waals surface area contributed by atoms with Gasteiger partial charge in [-0.3, -0.25) is 4.90 Å². The van der Waals surface area contributed by atoms with Crippen molar-refractivity contribution in [3.63, 3.8) is 0 Å². The molecule has 2 aromatic carbocycles. The SMILES string of the molecule is CN1C2CCC1CN(c1nc(O)c(C(Cc3ccc(Cl)cc3C(F)(F)F)=c3ccc4c(c3)C=NN=4)s1)C2. The molecule has 3 aliphatic rings. The van der Waals surface area contributed by atoms with Gasteiger partial charge in [-0.2, -0.15) is 28.4 Å². The highest BCUT2D eigenvalue weighted by Gasteiger charge is 2.39. The molecule has 3 aliphatic heterocycles. The largest absolute Gasteiger partial charge is 0.492 e. The van der Waals surface area contributed by atoms with Crippen molar-refractivity contribution in [2.75, 3.05) is 25.0 Å². The van der Waals surface area contributed by atoms with Crippen molar-refractivity contribution in [3.8, 4) is 5.88 Å². The zero-order valence-electron chi connectivity index (χ0n) is 19.8. The van der Waals surface area contributed by atoms with Gasteiger partial charge in [0.2, 0.25) is 5.88 Å². The van der Waals surface area contributed by atoms with E-state index in [1.807, 2.05) is 6.07 Å². The van der Waals surface area contributed by atoms with Gasteiger partial charge in [0.25, 0.3) is 0 Å². The van der Waals surface area contributed by atoms with Gasteiger partial charge in [-0.15, -0.1) is 0 Å². The van der Waals surface area contributed by atoms with E-state index >= 15 is 0 Å². The lowest BCUT2D eigenvalue weighted by atomic mass is 9.96. The van der Waals surface area contributed by atoms with Crippen LogP contribution in [0, 0.1) is 0 Å². The quantitative estimate of drug-likeness (QED) is 0.533. The highest BCUT2D eigenvalue weighted by molar-refractivity contribution is 7.17. The van der Waals surface area contributed by atoms with Crippen LogP contribution in [0.3, 0.4) is 0 Å². The summed E-state index contributed by atoms with van der Waals surface area (Å²) in [6.07, 6.45) is -0.787. The van der Waals surface area contributed by atoms with E-state index in [-0.39, 0.29) is 22.9 Å². The zero-order valence-corrected chi connectivity index (χ0v) is 21.4. The maximum atomic E-state index is 13.9. The van der Waals surface area contributed by atoms with Gasteiger partial charge < -0.3 is 10.0 Å². The molecule has 1 aromatic heterocycles. The summed E-state index contributed by atoms with van der Waals surface area (Å²) < 4.78 is 41.8. The molecular formula is C26H23ClF3N5OS. The number of fused-ring (bicyclic) bond motifs is 3. The third-order valence-corrected chi connectivity index (χ3v) is 8.87. The molecule has 2 unspecified atom stereocenters. The topological polar surface area (TPSA) is 64.3 Å². The fraction of sp³-hybridized carbons (Fsp3) is 0.346. The van der Waals surface area contributed by atoms with Gasteiger partial charge in [-0.1, -0.05) is 35.1 Å². The first-order chi connectivity index (χ1) is 17.7. The lowest BCUT2D eigenvalue weighted by molar-refractivity contribution is -0.138. The van der Waals surface area contributed by atoms with Gasteiger partial charge in [-0.05, 0) is 60.5 Å². The molecule has 37 heavy (non-hydrogen) atoms. The monoisotopic (exact) mass is 545 g/mol. The Hall–Kier alpha value is -2.95. The molecule has 11 heteroatoms. The summed E-state index contributed by atoms with van der Waals surface area (Å²) >= 11 is 7.24. The van der Waals surface area contributed by atoms with Gasteiger partial charge in [0.15, 0.2) is 5.13 Å². The predicted molar refractivity (Wildman–Crippen MR) is 138 cm³/mol. The third kappa shape index (κ3) is 4.51. The van der Waals surface area contributed by atoms with Crippen molar-refractivity contribution in [1.82, 2.24) is 9.88 Å². The first-order valence-corrected chi connectivity index (χ1v) is 13.1. The van der Waals surface area contributed by atoms with Crippen LogP contribution in [0.1, 0.15) is 34.4 Å². The van der Waals surface area contributed by atoms with E-state index in [1.54, 1.807) is 18.3 Å². The molecule has 6 nitrogen and oxygen atoms in total. The number of aromatic nitrogens is 1. The summed E-state index contributed by atoms with van der Waals surface area (Å²) in [5.74, 6) is -0.178. The van der Waals surface area contributed by atoms with Gasteiger partial charge >= 0.3 is 6.18 Å². The van der Waals surface area contributed by atoms with E-state index in [9.17, 15) is 18.3 Å². The summed E-state index contributed by atoms with van der Waals surface area (Å²) in [4.78, 5) is 9.52. The van der Waals surface area contributed by atoms with Gasteiger partial charge in [0.1, 0.15) is 0 Å². The van der Waals surface area contributed by atoms with Crippen molar-refractivity contribution in [3.05, 3.63) is 73.6 Å². The molecule has 0 spiro atoms. The molecule has 0 saturated carbocycles. The average molecular weight is 546 g/mol. The average Bonchev–Trinajstić information content (AvgIpc) is 3.52. The molecule has 0 radical (unpaired) electrons. The standard InChI is InChI=1S/C26H23ClF3N5OS/c1-34-18-5-6-19(34)13-35(12-18)25-32-24(36)23(37-25)20(14-3-7-22-16(8-14)11-31-33-22)9-15-2-4-17(27)10-21(15)26(28,29)30/h2-4,7-8,10-11,18-19,36H,5-6,9,12-13H2,1H3. The molecule has 2 bridgehead atoms. The lowest BCUT2D eigenvalue weighted by Gasteiger charge is -2.38. The smallest absolute Gasteiger partial charge is 0.416 e. The maximum absolute atomic E-state index is 13.9. The summed E-state index contributed by atoms with van der Waals surface area (Å²) in [5.41, 5.74) is 0.587. The van der Waals surface area contributed by atoms with Crippen LogP contribution >= 0.6 is 22.9 Å². The highest BCUT2D eigenvalue weighted by Crippen LogP contribution is 2.41. The number of halogens is 4. The highest BCUT2D eigenvalue weighted by atomic mass is 35.5. The molecule has 0 amide bonds. The number of hydrogen-bond donors (Lipinski definition) is 1. The predicted octanol–water partition coefficient (Wildman–Crippen LogP) is 4.21. The number of aromatic hydroxyl groups is 1. The summed E-state index contributed by atoms with van der Waals surface area (Å²) in [6.45, 7) is 1.61. The van der Waals surface area contributed by atoms with Crippen LogP contribution < -0.4 is 15.5 Å². The minimum Gasteiger partial charge on any atom is -0.492 e. The molecule has 2 atom stereocenters. The first kappa shape index (κ1) is 24.4. The molecule has 192 valence electrons. The van der Waals surface area contributed by atoms with Crippen LogP contribution in [0.2, 0.25) is 5.02 Å². The van der Waals surface area contributed by atoms with Crippen molar-refractivity contribution in [2.45, 2.75) is 37.5 Å². The van der Waals surface area contributed by atoms with Gasteiger partial charge in [-0.25, -0.2) is 0 Å². The van der Waals surface area contributed by atoms with E-state index in [0.29, 0.717) is 38.2 Å². The number of anilines is 1. The van der Waals surface area contributed by atoms with Gasteiger partial charge in [0, 0.05) is 42.2 Å². The lowest BCUT2D eigenvalue weighted by Crippen LogP contribution is -2.51. The van der Waals surface area contributed by atoms with E-state index in [0.717, 1.165) is 37.6 Å². The molecule has 3 aromatic rings. The molecule has 4 heterocycles. The Morgan fingerprint density at radius 1 is 1.14 bits per heavy atom. The van der Waals surface area contributed by atoms with Crippen LogP contribution in [0.15, 0.2) is 46.6 Å². The molecule has 2 fully saturated rings. The van der Waals surface area contributed by atoms with Crippen LogP contribution in [-0.4, -0.2) is 53.4 Å².